The summed E-state index contributed by atoms with van der Waals surface area (Å²) in [5.41, 5.74) is 0. The van der Waals surface area contributed by atoms with E-state index in [0.717, 1.165) is 0 Å². The molecular weight excluding hydrogens is 397 g/mol. The van der Waals surface area contributed by atoms with Crippen LogP contribution in [0, 0.1) is 0 Å². The maximum atomic E-state index is 9.55. The molecule has 12 heteroatoms. The summed E-state index contributed by atoms with van der Waals surface area (Å²) in [5, 5.41) is 0. The molecule has 0 aliphatic rings. The molecule has 0 bridgehead atoms. The van der Waals surface area contributed by atoms with E-state index in [0.29, 0.717) is 0 Å². The Labute approximate surface area is 82.4 Å². The van der Waals surface area contributed by atoms with Gasteiger partial charge in [0, 0.05) is 0 Å². The minimum Gasteiger partial charge on any atom is -0.789 e. The van der Waals surface area contributed by atoms with Crippen molar-refractivity contribution in [2.45, 2.75) is 0 Å². The first-order chi connectivity index (χ1) is 3.71. The van der Waals surface area contributed by atoms with Gasteiger partial charge < -0.3 is 36.4 Å². The summed E-state index contributed by atoms with van der Waals surface area (Å²) in [6.45, 7) is 0. The van der Waals surface area contributed by atoms with Crippen LogP contribution in [0.25, 0.3) is 0 Å². The number of rotatable bonds is 2. The summed E-state index contributed by atoms with van der Waals surface area (Å²) in [4.78, 5) is 34.1. The van der Waals surface area contributed by atoms with Gasteiger partial charge >= 0.3 is 28.9 Å². The van der Waals surface area contributed by atoms with Crippen LogP contribution in [0.2, 0.25) is 0 Å². The van der Waals surface area contributed by atoms with E-state index in [1.165, 1.54) is 0 Å². The van der Waals surface area contributed by atoms with Gasteiger partial charge in [0.25, 0.3) is 0 Å². The second kappa shape index (κ2) is 7.29. The van der Waals surface area contributed by atoms with Crippen molar-refractivity contribution in [2.24, 2.45) is 0 Å². The molecule has 0 saturated carbocycles. The second-order valence-electron chi connectivity index (χ2n) is 1.02. The quantitative estimate of drug-likeness (QED) is 0.384. The van der Waals surface area contributed by atoms with Gasteiger partial charge in [0.15, 0.2) is 0 Å². The van der Waals surface area contributed by atoms with Crippen LogP contribution in [0.15, 0.2) is 0 Å². The van der Waals surface area contributed by atoms with Gasteiger partial charge in [-0.1, -0.05) is 0 Å². The minimum atomic E-state index is -5.55. The third-order valence-corrected chi connectivity index (χ3v) is 1.86. The van der Waals surface area contributed by atoms with Crippen molar-refractivity contribution >= 4 is 15.6 Å². The first-order valence-corrected chi connectivity index (χ1v) is 4.49. The molecule has 0 saturated heterocycles. The Morgan fingerprint density at radius 2 is 1.33 bits per heavy atom. The molecule has 0 aromatic rings. The second-order valence-corrected chi connectivity index (χ2v) is 3.55. The van der Waals surface area contributed by atoms with Crippen molar-refractivity contribution in [2.75, 3.05) is 0 Å². The monoisotopic (exact) mass is 405 g/mol. The van der Waals surface area contributed by atoms with Gasteiger partial charge in [-0.15, -0.1) is 0 Å². The molecule has 0 aliphatic heterocycles. The van der Waals surface area contributed by atoms with Crippen molar-refractivity contribution in [1.82, 2.24) is 12.3 Å². The average molecular weight is 405 g/mol. The van der Waals surface area contributed by atoms with E-state index in [1.807, 2.05) is 0 Å². The molecule has 0 atom stereocenters. The molecular formula is H8N2O7P2Pt. The first-order valence-electron chi connectivity index (χ1n) is 1.50. The predicted octanol–water partition coefficient (Wildman–Crippen LogP) is -1.75. The topological polar surface area (TPSA) is 200 Å². The van der Waals surface area contributed by atoms with E-state index in [4.69, 9.17) is 9.79 Å². The molecule has 80 valence electrons. The van der Waals surface area contributed by atoms with Crippen LogP contribution < -0.4 is 22.1 Å². The number of hydrogen-bond donors (Lipinski definition) is 4. The Balaban J connectivity index is -0.000000107. The van der Waals surface area contributed by atoms with E-state index < -0.39 is 15.6 Å². The van der Waals surface area contributed by atoms with E-state index in [1.54, 1.807) is 0 Å². The van der Waals surface area contributed by atoms with Crippen LogP contribution in [0.1, 0.15) is 0 Å². The van der Waals surface area contributed by atoms with Gasteiger partial charge in [-0.25, -0.2) is 4.57 Å². The maximum Gasteiger partial charge on any atom is 2.00 e. The van der Waals surface area contributed by atoms with Crippen LogP contribution in [-0.2, 0) is 34.5 Å². The third kappa shape index (κ3) is 22.4. The molecule has 0 rings (SSSR count). The normalized spacial score (nSPS) is 10.3. The summed E-state index contributed by atoms with van der Waals surface area (Å²) < 4.78 is 21.7. The summed E-state index contributed by atoms with van der Waals surface area (Å²) in [7, 11) is -10.7. The summed E-state index contributed by atoms with van der Waals surface area (Å²) in [6, 6.07) is 0. The number of hydrogen-bond acceptors (Lipinski definition) is 7. The minimum absolute atomic E-state index is 0. The third-order valence-electron chi connectivity index (χ3n) is 0.206. The van der Waals surface area contributed by atoms with Crippen molar-refractivity contribution in [3.63, 3.8) is 0 Å². The van der Waals surface area contributed by atoms with Gasteiger partial charge in [-0.05, 0) is 0 Å². The van der Waals surface area contributed by atoms with E-state index >= 15 is 0 Å². The molecule has 0 unspecified atom stereocenters. The van der Waals surface area contributed by atoms with Crippen molar-refractivity contribution in [3.05, 3.63) is 0 Å². The molecule has 0 amide bonds. The van der Waals surface area contributed by atoms with Crippen molar-refractivity contribution in [3.8, 4) is 0 Å². The van der Waals surface area contributed by atoms with E-state index in [-0.39, 0.29) is 33.4 Å². The molecule has 0 radical (unpaired) electrons. The van der Waals surface area contributed by atoms with Crippen LogP contribution >= 0.6 is 15.6 Å². The SMILES string of the molecule is N.N.O=P([O-])([O-])OP(=O)(O)O.[Pt+2]. The van der Waals surface area contributed by atoms with Gasteiger partial charge in [0.1, 0.15) is 0 Å². The molecule has 0 aromatic heterocycles. The largest absolute Gasteiger partial charge is 2.00 e. The van der Waals surface area contributed by atoms with E-state index in [2.05, 4.69) is 4.31 Å². The Bertz CT molecular complexity index is 160. The Hall–Kier alpha value is 0.868. The van der Waals surface area contributed by atoms with Crippen molar-refractivity contribution < 1.29 is 54.1 Å². The molecule has 0 aliphatic carbocycles. The summed E-state index contributed by atoms with van der Waals surface area (Å²) >= 11 is 0. The Morgan fingerprint density at radius 3 is 1.33 bits per heavy atom. The smallest absolute Gasteiger partial charge is 0.789 e. The molecule has 0 spiro atoms. The molecule has 9 nitrogen and oxygen atoms in total. The Kier molecular flexibility index (Phi) is 14.0. The van der Waals surface area contributed by atoms with Crippen LogP contribution in [0.5, 0.6) is 0 Å². The molecule has 8 N–H and O–H groups in total. The van der Waals surface area contributed by atoms with Crippen LogP contribution in [-0.4, -0.2) is 9.79 Å². The molecule has 12 heavy (non-hydrogen) atoms. The van der Waals surface area contributed by atoms with Gasteiger partial charge in [-0.3, -0.25) is 4.31 Å². The zero-order valence-electron chi connectivity index (χ0n) is 5.56. The van der Waals surface area contributed by atoms with Crippen LogP contribution in [0.4, 0.5) is 0 Å². The zero-order valence-corrected chi connectivity index (χ0v) is 9.62. The average Bonchev–Trinajstić information content (AvgIpc) is 1.14. The van der Waals surface area contributed by atoms with Gasteiger partial charge in [0.2, 0.25) is 0 Å². The van der Waals surface area contributed by atoms with Crippen LogP contribution in [0.3, 0.4) is 0 Å². The summed E-state index contributed by atoms with van der Waals surface area (Å²) in [5.74, 6) is 0. The summed E-state index contributed by atoms with van der Waals surface area (Å²) in [6.07, 6.45) is 0. The Morgan fingerprint density at radius 1 is 1.08 bits per heavy atom. The fourth-order valence-corrected chi connectivity index (χ4v) is 1.17. The van der Waals surface area contributed by atoms with E-state index in [9.17, 15) is 18.9 Å². The first kappa shape index (κ1) is 23.0. The fraction of sp³-hybridized carbons (Fsp3) is 0. The van der Waals surface area contributed by atoms with Gasteiger partial charge in [0.05, 0.1) is 7.82 Å². The van der Waals surface area contributed by atoms with Gasteiger partial charge in [-0.2, -0.15) is 0 Å². The number of phosphoric acid groups is 2. The maximum absolute atomic E-state index is 9.55. The standard InChI is InChI=1S/2H3N.H4O7P2.Pt/c;;1-8(2,3)7-9(4,5)6;/h2*1H3;(H2,1,2,3)(H2,4,5,6);/q;;;+2/p-2. The predicted molar refractivity (Wildman–Crippen MR) is 30.8 cm³/mol. The molecule has 0 fully saturated rings. The van der Waals surface area contributed by atoms with Crippen molar-refractivity contribution in [1.29, 1.82) is 0 Å². The fourth-order valence-electron chi connectivity index (χ4n) is 0.130. The molecule has 0 aromatic carbocycles. The molecule has 0 heterocycles. The zero-order chi connectivity index (χ0) is 7.71.